The van der Waals surface area contributed by atoms with Crippen LogP contribution in [-0.4, -0.2) is 35.8 Å². The van der Waals surface area contributed by atoms with Gasteiger partial charge < -0.3 is 4.98 Å². The van der Waals surface area contributed by atoms with Crippen LogP contribution in [0.25, 0.3) is 11.0 Å². The summed E-state index contributed by atoms with van der Waals surface area (Å²) >= 11 is 1.70. The highest BCUT2D eigenvalue weighted by molar-refractivity contribution is 7.98. The Morgan fingerprint density at radius 3 is 2.42 bits per heavy atom. The van der Waals surface area contributed by atoms with E-state index >= 15 is 0 Å². The van der Waals surface area contributed by atoms with E-state index < -0.39 is 10.0 Å². The Morgan fingerprint density at radius 2 is 1.77 bits per heavy atom. The summed E-state index contributed by atoms with van der Waals surface area (Å²) in [5.41, 5.74) is 2.76. The van der Waals surface area contributed by atoms with Crippen LogP contribution < -0.4 is 0 Å². The predicted octanol–water partition coefficient (Wildman–Crippen LogP) is 4.19. The highest BCUT2D eigenvalue weighted by Gasteiger charge is 2.22. The van der Waals surface area contributed by atoms with E-state index in [0.29, 0.717) is 23.7 Å². The largest absolute Gasteiger partial charge is 0.341 e. The topological polar surface area (TPSA) is 66.1 Å². The summed E-state index contributed by atoms with van der Waals surface area (Å²) in [6.07, 6.45) is 0. The first kappa shape index (κ1) is 18.9. The molecule has 0 fully saturated rings. The van der Waals surface area contributed by atoms with Gasteiger partial charge in [-0.05, 0) is 37.3 Å². The Labute approximate surface area is 158 Å². The molecule has 0 atom stereocenters. The molecule has 0 bridgehead atoms. The average Bonchev–Trinajstić information content (AvgIpc) is 3.04. The van der Waals surface area contributed by atoms with Gasteiger partial charge in [0.2, 0.25) is 10.0 Å². The van der Waals surface area contributed by atoms with Gasteiger partial charge in [0.15, 0.2) is 0 Å². The molecular formula is C19H23N3O2S2. The number of rotatable bonds is 7. The van der Waals surface area contributed by atoms with Crippen LogP contribution in [0.1, 0.15) is 25.2 Å². The molecule has 0 aliphatic carbocycles. The summed E-state index contributed by atoms with van der Waals surface area (Å²) < 4.78 is 26.8. The van der Waals surface area contributed by atoms with Gasteiger partial charge in [0.1, 0.15) is 5.82 Å². The van der Waals surface area contributed by atoms with Crippen molar-refractivity contribution in [1.82, 2.24) is 14.3 Å². The normalized spacial score (nSPS) is 12.2. The Bertz CT molecular complexity index is 991. The number of sulfonamides is 1. The van der Waals surface area contributed by atoms with E-state index in [1.807, 2.05) is 13.8 Å². The van der Waals surface area contributed by atoms with Crippen LogP contribution in [0.3, 0.4) is 0 Å². The van der Waals surface area contributed by atoms with E-state index in [4.69, 9.17) is 0 Å². The maximum Gasteiger partial charge on any atom is 0.243 e. The second kappa shape index (κ2) is 7.82. The summed E-state index contributed by atoms with van der Waals surface area (Å²) in [6.45, 7) is 6.67. The van der Waals surface area contributed by atoms with E-state index in [-0.39, 0.29) is 0 Å². The van der Waals surface area contributed by atoms with Crippen LogP contribution in [0.5, 0.6) is 0 Å². The van der Waals surface area contributed by atoms with Gasteiger partial charge >= 0.3 is 0 Å². The van der Waals surface area contributed by atoms with Crippen molar-refractivity contribution < 1.29 is 8.42 Å². The smallest absolute Gasteiger partial charge is 0.243 e. The monoisotopic (exact) mass is 389 g/mol. The number of H-pyrrole nitrogens is 1. The minimum atomic E-state index is -3.46. The first-order valence-corrected chi connectivity index (χ1v) is 11.0. The number of fused-ring (bicyclic) bond motifs is 1. The standard InChI is InChI=1S/C19H23N3O2S2/c1-4-22(5-2)26(23,24)16-10-11-17-18(12-16)21-19(20-17)13-25-15-8-6-14(3)7-9-15/h6-12H,4-5,13H2,1-3H3,(H,20,21). The third-order valence-corrected chi connectivity index (χ3v) is 7.31. The van der Waals surface area contributed by atoms with Crippen molar-refractivity contribution in [3.8, 4) is 0 Å². The first-order valence-electron chi connectivity index (χ1n) is 8.62. The average molecular weight is 390 g/mol. The number of imidazole rings is 1. The molecule has 1 heterocycles. The van der Waals surface area contributed by atoms with Crippen molar-refractivity contribution in [1.29, 1.82) is 0 Å². The fraction of sp³-hybridized carbons (Fsp3) is 0.316. The number of aryl methyl sites for hydroxylation is 1. The summed E-state index contributed by atoms with van der Waals surface area (Å²) in [4.78, 5) is 9.30. The van der Waals surface area contributed by atoms with E-state index in [2.05, 4.69) is 41.2 Å². The maximum atomic E-state index is 12.7. The molecule has 3 rings (SSSR count). The quantitative estimate of drug-likeness (QED) is 0.615. The summed E-state index contributed by atoms with van der Waals surface area (Å²) in [7, 11) is -3.46. The van der Waals surface area contributed by atoms with E-state index in [0.717, 1.165) is 16.9 Å². The Kier molecular flexibility index (Phi) is 5.70. The zero-order valence-corrected chi connectivity index (χ0v) is 16.8. The lowest BCUT2D eigenvalue weighted by molar-refractivity contribution is 0.445. The molecular weight excluding hydrogens is 366 g/mol. The highest BCUT2D eigenvalue weighted by atomic mass is 32.2. The molecule has 0 spiro atoms. The number of thioether (sulfide) groups is 1. The molecule has 0 radical (unpaired) electrons. The molecule has 0 aliphatic rings. The number of aromatic amines is 1. The van der Waals surface area contributed by atoms with Crippen LogP contribution >= 0.6 is 11.8 Å². The van der Waals surface area contributed by atoms with Crippen LogP contribution in [0.15, 0.2) is 52.3 Å². The molecule has 0 aliphatic heterocycles. The van der Waals surface area contributed by atoms with Gasteiger partial charge in [-0.15, -0.1) is 11.8 Å². The molecule has 26 heavy (non-hydrogen) atoms. The van der Waals surface area contributed by atoms with Gasteiger partial charge in [-0.25, -0.2) is 13.4 Å². The Hall–Kier alpha value is -1.83. The van der Waals surface area contributed by atoms with Crippen molar-refractivity contribution in [2.45, 2.75) is 36.3 Å². The highest BCUT2D eigenvalue weighted by Crippen LogP contribution is 2.25. The van der Waals surface area contributed by atoms with Gasteiger partial charge in [-0.3, -0.25) is 0 Å². The third-order valence-electron chi connectivity index (χ3n) is 4.24. The van der Waals surface area contributed by atoms with E-state index in [1.54, 1.807) is 30.0 Å². The number of hydrogen-bond acceptors (Lipinski definition) is 4. The third kappa shape index (κ3) is 3.95. The molecule has 0 saturated heterocycles. The summed E-state index contributed by atoms with van der Waals surface area (Å²) in [5.74, 6) is 1.54. The lowest BCUT2D eigenvalue weighted by Gasteiger charge is -2.18. The van der Waals surface area contributed by atoms with Crippen LogP contribution in [0, 0.1) is 6.92 Å². The van der Waals surface area contributed by atoms with Gasteiger partial charge in [0, 0.05) is 18.0 Å². The minimum absolute atomic E-state index is 0.301. The SMILES string of the molecule is CCN(CC)S(=O)(=O)c1ccc2nc(CSc3ccc(C)cc3)[nH]c2c1. The second-order valence-electron chi connectivity index (χ2n) is 6.05. The lowest BCUT2D eigenvalue weighted by atomic mass is 10.2. The minimum Gasteiger partial charge on any atom is -0.341 e. The maximum absolute atomic E-state index is 12.7. The number of aromatic nitrogens is 2. The molecule has 3 aromatic rings. The molecule has 5 nitrogen and oxygen atoms in total. The Morgan fingerprint density at radius 1 is 1.08 bits per heavy atom. The first-order chi connectivity index (χ1) is 12.4. The van der Waals surface area contributed by atoms with Gasteiger partial charge in [0.25, 0.3) is 0 Å². The molecule has 1 N–H and O–H groups in total. The number of nitrogens with one attached hydrogen (secondary N) is 1. The number of nitrogens with zero attached hydrogens (tertiary/aromatic N) is 2. The van der Waals surface area contributed by atoms with Gasteiger partial charge in [-0.1, -0.05) is 31.5 Å². The fourth-order valence-corrected chi connectivity index (χ4v) is 5.02. The van der Waals surface area contributed by atoms with Crippen LogP contribution in [-0.2, 0) is 15.8 Å². The zero-order valence-electron chi connectivity index (χ0n) is 15.2. The summed E-state index contributed by atoms with van der Waals surface area (Å²) in [5, 5.41) is 0. The molecule has 1 aromatic heterocycles. The predicted molar refractivity (Wildman–Crippen MR) is 107 cm³/mol. The number of hydrogen-bond donors (Lipinski definition) is 1. The van der Waals surface area contributed by atoms with E-state index in [1.165, 1.54) is 14.8 Å². The van der Waals surface area contributed by atoms with E-state index in [9.17, 15) is 8.42 Å². The van der Waals surface area contributed by atoms with Gasteiger partial charge in [0.05, 0.1) is 21.7 Å². The van der Waals surface area contributed by atoms with Crippen LogP contribution in [0.4, 0.5) is 0 Å². The zero-order chi connectivity index (χ0) is 18.7. The van der Waals surface area contributed by atoms with Gasteiger partial charge in [-0.2, -0.15) is 4.31 Å². The fourth-order valence-electron chi connectivity index (χ4n) is 2.77. The molecule has 0 amide bonds. The Balaban J connectivity index is 1.82. The van der Waals surface area contributed by atoms with Crippen molar-refractivity contribution in [2.75, 3.05) is 13.1 Å². The lowest BCUT2D eigenvalue weighted by Crippen LogP contribution is -2.30. The summed E-state index contributed by atoms with van der Waals surface area (Å²) in [6, 6.07) is 13.4. The van der Waals surface area contributed by atoms with Crippen molar-refractivity contribution in [3.63, 3.8) is 0 Å². The molecule has 7 heteroatoms. The molecule has 0 saturated carbocycles. The van der Waals surface area contributed by atoms with Crippen molar-refractivity contribution >= 4 is 32.8 Å². The molecule has 0 unspecified atom stereocenters. The van der Waals surface area contributed by atoms with Crippen molar-refractivity contribution in [3.05, 3.63) is 53.9 Å². The molecule has 2 aromatic carbocycles. The van der Waals surface area contributed by atoms with Crippen molar-refractivity contribution in [2.24, 2.45) is 0 Å². The second-order valence-corrected chi connectivity index (χ2v) is 9.04. The van der Waals surface area contributed by atoms with Crippen LogP contribution in [0.2, 0.25) is 0 Å². The number of benzene rings is 2. The molecule has 138 valence electrons.